The Morgan fingerprint density at radius 2 is 2.00 bits per heavy atom. The van der Waals surface area contributed by atoms with Gasteiger partial charge in [0.05, 0.1) is 22.8 Å². The number of hydrogen-bond acceptors (Lipinski definition) is 6. The molecule has 3 rings (SSSR count). The van der Waals surface area contributed by atoms with Gasteiger partial charge in [-0.2, -0.15) is 0 Å². The molecular weight excluding hydrogens is 376 g/mol. The maximum Gasteiger partial charge on any atom is 0.271 e. The number of amides is 1. The SMILES string of the molecule is CC(=O)N(c1nc(CNc2cccc([N+](=O)[O-])c2)cs1)c1cccc(C)c1C. The minimum absolute atomic E-state index is 0.0293. The molecule has 0 atom stereocenters. The quantitative estimate of drug-likeness (QED) is 0.470. The lowest BCUT2D eigenvalue weighted by molar-refractivity contribution is -0.384. The van der Waals surface area contributed by atoms with Crippen LogP contribution in [0.3, 0.4) is 0 Å². The molecular formula is C20H20N4O3S. The molecule has 0 aliphatic carbocycles. The number of thiazole rings is 1. The van der Waals surface area contributed by atoms with Crippen LogP contribution in [0.1, 0.15) is 23.7 Å². The average Bonchev–Trinajstić information content (AvgIpc) is 3.12. The van der Waals surface area contributed by atoms with Crippen molar-refractivity contribution in [1.82, 2.24) is 4.98 Å². The Morgan fingerprint density at radius 1 is 1.25 bits per heavy atom. The Morgan fingerprint density at radius 3 is 2.71 bits per heavy atom. The van der Waals surface area contributed by atoms with Crippen molar-refractivity contribution in [2.75, 3.05) is 10.2 Å². The second-order valence-corrected chi connectivity index (χ2v) is 7.19. The molecule has 0 unspecified atom stereocenters. The zero-order valence-electron chi connectivity index (χ0n) is 15.8. The van der Waals surface area contributed by atoms with Crippen molar-refractivity contribution in [3.05, 3.63) is 74.8 Å². The third-order valence-corrected chi connectivity index (χ3v) is 5.27. The highest BCUT2D eigenvalue weighted by Crippen LogP contribution is 2.32. The molecule has 3 aromatic rings. The molecule has 1 aromatic heterocycles. The van der Waals surface area contributed by atoms with Gasteiger partial charge in [-0.25, -0.2) is 4.98 Å². The van der Waals surface area contributed by atoms with E-state index in [-0.39, 0.29) is 11.6 Å². The summed E-state index contributed by atoms with van der Waals surface area (Å²) in [6, 6.07) is 12.2. The van der Waals surface area contributed by atoms with Gasteiger partial charge in [0, 0.05) is 30.1 Å². The molecule has 0 saturated carbocycles. The van der Waals surface area contributed by atoms with Crippen LogP contribution in [0.4, 0.5) is 22.2 Å². The topological polar surface area (TPSA) is 88.4 Å². The van der Waals surface area contributed by atoms with Crippen molar-refractivity contribution in [2.24, 2.45) is 0 Å². The molecule has 0 fully saturated rings. The molecule has 0 aliphatic heterocycles. The molecule has 28 heavy (non-hydrogen) atoms. The van der Waals surface area contributed by atoms with Crippen molar-refractivity contribution < 1.29 is 9.72 Å². The molecule has 1 N–H and O–H groups in total. The molecule has 8 heteroatoms. The van der Waals surface area contributed by atoms with Crippen LogP contribution in [0.2, 0.25) is 0 Å². The summed E-state index contributed by atoms with van der Waals surface area (Å²) in [6.45, 7) is 5.91. The van der Waals surface area contributed by atoms with E-state index in [1.807, 2.05) is 37.4 Å². The van der Waals surface area contributed by atoms with Crippen LogP contribution in [0.5, 0.6) is 0 Å². The number of nitrogens with one attached hydrogen (secondary N) is 1. The standard InChI is InChI=1S/C20H20N4O3S/c1-13-6-4-9-19(14(13)2)23(15(3)25)20-22-17(12-28-20)11-21-16-7-5-8-18(10-16)24(26)27/h4-10,12,21H,11H2,1-3H3. The maximum absolute atomic E-state index is 12.3. The third-order valence-electron chi connectivity index (χ3n) is 4.39. The van der Waals surface area contributed by atoms with E-state index in [4.69, 9.17) is 0 Å². The summed E-state index contributed by atoms with van der Waals surface area (Å²) in [5, 5.41) is 16.5. The summed E-state index contributed by atoms with van der Waals surface area (Å²) in [7, 11) is 0. The first kappa shape index (κ1) is 19.5. The number of nitrogens with zero attached hydrogens (tertiary/aromatic N) is 3. The van der Waals surface area contributed by atoms with Crippen molar-refractivity contribution in [2.45, 2.75) is 27.3 Å². The number of carbonyl (C=O) groups is 1. The van der Waals surface area contributed by atoms with E-state index in [2.05, 4.69) is 10.3 Å². The zero-order valence-corrected chi connectivity index (χ0v) is 16.6. The lowest BCUT2D eigenvalue weighted by Gasteiger charge is -2.21. The first-order chi connectivity index (χ1) is 13.4. The predicted octanol–water partition coefficient (Wildman–Crippen LogP) is 4.96. The van der Waals surface area contributed by atoms with E-state index in [0.29, 0.717) is 17.4 Å². The average molecular weight is 396 g/mol. The number of carbonyl (C=O) groups excluding carboxylic acids is 1. The highest BCUT2D eigenvalue weighted by molar-refractivity contribution is 7.14. The Kier molecular flexibility index (Phi) is 5.70. The van der Waals surface area contributed by atoms with Gasteiger partial charge in [0.15, 0.2) is 5.13 Å². The first-order valence-corrected chi connectivity index (χ1v) is 9.54. The van der Waals surface area contributed by atoms with Gasteiger partial charge < -0.3 is 5.32 Å². The van der Waals surface area contributed by atoms with Crippen molar-refractivity contribution in [3.63, 3.8) is 0 Å². The number of benzene rings is 2. The summed E-state index contributed by atoms with van der Waals surface area (Å²) in [5.41, 5.74) is 4.38. The van der Waals surface area contributed by atoms with Gasteiger partial charge in [0.2, 0.25) is 5.91 Å². The molecule has 7 nitrogen and oxygen atoms in total. The van der Waals surface area contributed by atoms with E-state index in [1.54, 1.807) is 17.0 Å². The van der Waals surface area contributed by atoms with Gasteiger partial charge in [0.1, 0.15) is 0 Å². The predicted molar refractivity (Wildman–Crippen MR) is 111 cm³/mol. The second-order valence-electron chi connectivity index (χ2n) is 6.36. The number of aryl methyl sites for hydroxylation is 1. The van der Waals surface area contributed by atoms with Crippen molar-refractivity contribution >= 4 is 39.4 Å². The normalized spacial score (nSPS) is 10.5. The lowest BCUT2D eigenvalue weighted by Crippen LogP contribution is -2.23. The van der Waals surface area contributed by atoms with E-state index >= 15 is 0 Å². The molecule has 1 heterocycles. The van der Waals surface area contributed by atoms with Gasteiger partial charge >= 0.3 is 0 Å². The Bertz CT molecular complexity index is 1030. The Balaban J connectivity index is 1.80. The fraction of sp³-hybridized carbons (Fsp3) is 0.200. The van der Waals surface area contributed by atoms with Gasteiger partial charge in [-0.1, -0.05) is 18.2 Å². The Hall–Kier alpha value is -3.26. The molecule has 0 aliphatic rings. The molecule has 0 spiro atoms. The third kappa shape index (κ3) is 4.17. The molecule has 0 saturated heterocycles. The van der Waals surface area contributed by atoms with Crippen LogP contribution in [-0.4, -0.2) is 15.8 Å². The van der Waals surface area contributed by atoms with Gasteiger partial charge in [0.25, 0.3) is 5.69 Å². The molecule has 0 radical (unpaired) electrons. The monoisotopic (exact) mass is 396 g/mol. The highest BCUT2D eigenvalue weighted by Gasteiger charge is 2.20. The molecule has 144 valence electrons. The fourth-order valence-electron chi connectivity index (χ4n) is 2.79. The van der Waals surface area contributed by atoms with Crippen molar-refractivity contribution in [1.29, 1.82) is 0 Å². The Labute approximate surface area is 166 Å². The largest absolute Gasteiger partial charge is 0.379 e. The number of anilines is 3. The smallest absolute Gasteiger partial charge is 0.271 e. The molecule has 1 amide bonds. The van der Waals surface area contributed by atoms with Crippen LogP contribution in [-0.2, 0) is 11.3 Å². The lowest BCUT2D eigenvalue weighted by atomic mass is 10.1. The maximum atomic E-state index is 12.3. The van der Waals surface area contributed by atoms with Crippen LogP contribution in [0.25, 0.3) is 0 Å². The summed E-state index contributed by atoms with van der Waals surface area (Å²) >= 11 is 1.38. The fourth-order valence-corrected chi connectivity index (χ4v) is 3.67. The number of rotatable bonds is 6. The van der Waals surface area contributed by atoms with E-state index < -0.39 is 4.92 Å². The van der Waals surface area contributed by atoms with Crippen molar-refractivity contribution in [3.8, 4) is 0 Å². The zero-order chi connectivity index (χ0) is 20.3. The van der Waals surface area contributed by atoms with Gasteiger partial charge in [-0.05, 0) is 37.1 Å². The van der Waals surface area contributed by atoms with Crippen LogP contribution in [0, 0.1) is 24.0 Å². The number of nitro benzene ring substituents is 1. The first-order valence-electron chi connectivity index (χ1n) is 8.66. The molecule has 2 aromatic carbocycles. The highest BCUT2D eigenvalue weighted by atomic mass is 32.1. The van der Waals surface area contributed by atoms with Crippen LogP contribution < -0.4 is 10.2 Å². The summed E-state index contributed by atoms with van der Waals surface area (Å²) < 4.78 is 0. The van der Waals surface area contributed by atoms with Gasteiger partial charge in [-0.3, -0.25) is 19.8 Å². The van der Waals surface area contributed by atoms with E-state index in [9.17, 15) is 14.9 Å². The summed E-state index contributed by atoms with van der Waals surface area (Å²) in [6.07, 6.45) is 0. The number of non-ortho nitro benzene ring substituents is 1. The van der Waals surface area contributed by atoms with E-state index in [0.717, 1.165) is 22.5 Å². The van der Waals surface area contributed by atoms with Gasteiger partial charge in [-0.15, -0.1) is 11.3 Å². The second kappa shape index (κ2) is 8.18. The number of nitro groups is 1. The minimum atomic E-state index is -0.430. The number of aromatic nitrogens is 1. The summed E-state index contributed by atoms with van der Waals surface area (Å²) in [5.74, 6) is -0.110. The van der Waals surface area contributed by atoms with Crippen LogP contribution >= 0.6 is 11.3 Å². The van der Waals surface area contributed by atoms with Crippen LogP contribution in [0.15, 0.2) is 47.8 Å². The molecule has 0 bridgehead atoms. The summed E-state index contributed by atoms with van der Waals surface area (Å²) in [4.78, 5) is 29.0. The minimum Gasteiger partial charge on any atom is -0.379 e. The number of hydrogen-bond donors (Lipinski definition) is 1. The van der Waals surface area contributed by atoms with E-state index in [1.165, 1.54) is 30.4 Å².